The molecule has 3 saturated carbocycles. The molecule has 3 aliphatic carbocycles. The maximum absolute atomic E-state index is 16.4. The second-order valence-corrected chi connectivity index (χ2v) is 9.11. The van der Waals surface area contributed by atoms with E-state index in [1.807, 2.05) is 0 Å². The smallest absolute Gasteiger partial charge is 0.249 e. The van der Waals surface area contributed by atoms with Gasteiger partial charge in [-0.15, -0.1) is 0 Å². The first-order valence-electron chi connectivity index (χ1n) is 10.3. The van der Waals surface area contributed by atoms with Crippen LogP contribution in [0, 0.1) is 17.0 Å². The third-order valence-corrected chi connectivity index (χ3v) is 7.17. The van der Waals surface area contributed by atoms with Crippen LogP contribution in [0.3, 0.4) is 0 Å². The molecule has 0 N–H and O–H groups in total. The van der Waals surface area contributed by atoms with E-state index in [0.29, 0.717) is 17.7 Å². The van der Waals surface area contributed by atoms with Crippen molar-refractivity contribution < 1.29 is 30.7 Å². The summed E-state index contributed by atoms with van der Waals surface area (Å²) in [6, 6.07) is 7.28. The van der Waals surface area contributed by atoms with Crippen molar-refractivity contribution in [1.29, 1.82) is 0 Å². The third kappa shape index (κ3) is 3.02. The fourth-order valence-electron chi connectivity index (χ4n) is 5.53. The van der Waals surface area contributed by atoms with Crippen LogP contribution in [0.2, 0.25) is 0 Å². The highest BCUT2D eigenvalue weighted by molar-refractivity contribution is 5.44. The van der Waals surface area contributed by atoms with Crippen molar-refractivity contribution in [2.45, 2.75) is 49.2 Å². The first-order chi connectivity index (χ1) is 15.5. The molecule has 1 heterocycles. The fourth-order valence-corrected chi connectivity index (χ4v) is 5.53. The lowest BCUT2D eigenvalue weighted by Crippen LogP contribution is -2.75. The lowest BCUT2D eigenvalue weighted by molar-refractivity contribution is -0.332. The molecule has 1 aromatic heterocycles. The molecule has 6 rings (SSSR count). The van der Waals surface area contributed by atoms with Crippen LogP contribution in [0.15, 0.2) is 55.1 Å². The molecule has 2 bridgehead atoms. The Morgan fingerprint density at radius 2 is 1.64 bits per heavy atom. The molecule has 3 aromatic rings. The molecule has 0 radical (unpaired) electrons. The van der Waals surface area contributed by atoms with Crippen LogP contribution in [0.5, 0.6) is 0 Å². The zero-order chi connectivity index (χ0) is 23.6. The quantitative estimate of drug-likeness (QED) is 0.391. The molecule has 1 unspecified atom stereocenters. The zero-order valence-electron chi connectivity index (χ0n) is 17.1. The van der Waals surface area contributed by atoms with Crippen LogP contribution in [-0.2, 0) is 17.6 Å². The second-order valence-electron chi connectivity index (χ2n) is 9.11. The van der Waals surface area contributed by atoms with Crippen molar-refractivity contribution in [3.63, 3.8) is 0 Å². The van der Waals surface area contributed by atoms with E-state index in [1.54, 1.807) is 0 Å². The molecule has 33 heavy (non-hydrogen) atoms. The normalized spacial score (nSPS) is 25.9. The van der Waals surface area contributed by atoms with E-state index in [-0.39, 0.29) is 24.8 Å². The summed E-state index contributed by atoms with van der Waals surface area (Å²) in [5, 5.41) is 3.68. The number of alkyl halides is 5. The van der Waals surface area contributed by atoms with E-state index in [1.165, 1.54) is 24.3 Å². The molecule has 1 atom stereocenters. The minimum atomic E-state index is -4.03. The summed E-state index contributed by atoms with van der Waals surface area (Å²) in [6.45, 7) is -1.01. The van der Waals surface area contributed by atoms with Crippen LogP contribution < -0.4 is 0 Å². The topological polar surface area (TPSA) is 30.7 Å². The lowest BCUT2D eigenvalue weighted by Gasteiger charge is -2.74. The first-order valence-corrected chi connectivity index (χ1v) is 10.3. The van der Waals surface area contributed by atoms with Gasteiger partial charge in [0.2, 0.25) is 5.67 Å². The van der Waals surface area contributed by atoms with E-state index in [4.69, 9.17) is 0 Å². The Labute approximate surface area is 184 Å². The van der Waals surface area contributed by atoms with Crippen molar-refractivity contribution in [2.75, 3.05) is 0 Å². The highest BCUT2D eigenvalue weighted by Crippen LogP contribution is 2.80. The SMILES string of the molecule is Fc1ccc(C(F)(Cn2cncn2)C(F)(F)C23CC(c4ccc(C(F)F)cc4)(C2)C3)c(F)c1. The lowest BCUT2D eigenvalue weighted by atomic mass is 9.30. The standard InChI is InChI=1S/C23H18F7N3/c24-16-5-6-17(18(25)7-16)22(28,11-33-13-31-12-32-33)23(29,30)21-8-20(9-21,10-21)15-3-1-14(2-4-15)19(26)27/h1-7,12-13,19H,8-11H2. The van der Waals surface area contributed by atoms with Gasteiger partial charge in [-0.25, -0.2) is 40.4 Å². The van der Waals surface area contributed by atoms with E-state index in [9.17, 15) is 17.6 Å². The van der Waals surface area contributed by atoms with Gasteiger partial charge in [0.1, 0.15) is 24.3 Å². The molecular formula is C23H18F7N3. The van der Waals surface area contributed by atoms with Crippen molar-refractivity contribution >= 4 is 0 Å². The number of hydrogen-bond donors (Lipinski definition) is 0. The minimum Gasteiger partial charge on any atom is -0.249 e. The molecule has 174 valence electrons. The van der Waals surface area contributed by atoms with Gasteiger partial charge in [-0.2, -0.15) is 5.10 Å². The van der Waals surface area contributed by atoms with Crippen LogP contribution in [0.25, 0.3) is 0 Å². The van der Waals surface area contributed by atoms with Gasteiger partial charge in [0.15, 0.2) is 0 Å². The van der Waals surface area contributed by atoms with Gasteiger partial charge in [0.25, 0.3) is 12.3 Å². The maximum Gasteiger partial charge on any atom is 0.293 e. The largest absolute Gasteiger partial charge is 0.293 e. The molecule has 0 spiro atoms. The molecule has 3 nitrogen and oxygen atoms in total. The maximum atomic E-state index is 16.4. The van der Waals surface area contributed by atoms with Gasteiger partial charge in [-0.05, 0) is 42.4 Å². The molecular weight excluding hydrogens is 451 g/mol. The Kier molecular flexibility index (Phi) is 4.68. The van der Waals surface area contributed by atoms with Gasteiger partial charge >= 0.3 is 0 Å². The molecule has 0 saturated heterocycles. The van der Waals surface area contributed by atoms with E-state index < -0.39 is 52.6 Å². The molecule has 3 fully saturated rings. The van der Waals surface area contributed by atoms with Crippen molar-refractivity contribution in [1.82, 2.24) is 14.8 Å². The number of nitrogens with zero attached hydrogens (tertiary/aromatic N) is 3. The summed E-state index contributed by atoms with van der Waals surface area (Å²) >= 11 is 0. The Bertz CT molecular complexity index is 1160. The van der Waals surface area contributed by atoms with Gasteiger partial charge in [0.05, 0.1) is 6.54 Å². The summed E-state index contributed by atoms with van der Waals surface area (Å²) < 4.78 is 103. The van der Waals surface area contributed by atoms with E-state index >= 15 is 13.2 Å². The zero-order valence-corrected chi connectivity index (χ0v) is 17.1. The van der Waals surface area contributed by atoms with E-state index in [0.717, 1.165) is 23.4 Å². The molecule has 0 amide bonds. The summed E-state index contributed by atoms with van der Waals surface area (Å²) in [5.74, 6) is -6.46. The summed E-state index contributed by atoms with van der Waals surface area (Å²) in [4.78, 5) is 3.63. The Morgan fingerprint density at radius 1 is 0.970 bits per heavy atom. The number of hydrogen-bond acceptors (Lipinski definition) is 2. The van der Waals surface area contributed by atoms with Crippen molar-refractivity contribution in [3.05, 3.63) is 83.4 Å². The van der Waals surface area contributed by atoms with Crippen LogP contribution >= 0.6 is 0 Å². The Hall–Kier alpha value is -2.91. The first kappa shape index (κ1) is 21.9. The molecule has 3 aliphatic rings. The average Bonchev–Trinajstić information content (AvgIpc) is 3.18. The van der Waals surface area contributed by atoms with Crippen molar-refractivity contribution in [3.8, 4) is 0 Å². The number of rotatable bonds is 7. The van der Waals surface area contributed by atoms with Gasteiger partial charge in [0, 0.05) is 22.6 Å². The molecule has 2 aromatic carbocycles. The van der Waals surface area contributed by atoms with Gasteiger partial charge in [-0.1, -0.05) is 24.3 Å². The third-order valence-electron chi connectivity index (χ3n) is 7.17. The van der Waals surface area contributed by atoms with E-state index in [2.05, 4.69) is 10.1 Å². The predicted molar refractivity (Wildman–Crippen MR) is 103 cm³/mol. The Balaban J connectivity index is 1.48. The number of aromatic nitrogens is 3. The Morgan fingerprint density at radius 3 is 2.18 bits per heavy atom. The van der Waals surface area contributed by atoms with Crippen molar-refractivity contribution in [2.24, 2.45) is 5.41 Å². The minimum absolute atomic E-state index is 0.0765. The monoisotopic (exact) mass is 469 g/mol. The van der Waals surface area contributed by atoms with Crippen LogP contribution in [0.1, 0.15) is 42.4 Å². The predicted octanol–water partition coefficient (Wildman–Crippen LogP) is 6.12. The van der Waals surface area contributed by atoms with Gasteiger partial charge in [-0.3, -0.25) is 0 Å². The van der Waals surface area contributed by atoms with Gasteiger partial charge < -0.3 is 0 Å². The second kappa shape index (κ2) is 7.04. The highest BCUT2D eigenvalue weighted by Gasteiger charge is 2.82. The summed E-state index contributed by atoms with van der Waals surface area (Å²) in [7, 11) is 0. The highest BCUT2D eigenvalue weighted by atomic mass is 19.3. The van der Waals surface area contributed by atoms with Crippen LogP contribution in [0.4, 0.5) is 30.7 Å². The summed E-state index contributed by atoms with van der Waals surface area (Å²) in [6.07, 6.45) is -0.789. The number of halogens is 7. The van der Waals surface area contributed by atoms with Crippen LogP contribution in [-0.4, -0.2) is 20.7 Å². The molecule has 10 heteroatoms. The number of benzene rings is 2. The summed E-state index contributed by atoms with van der Waals surface area (Å²) in [5.41, 5.74) is -6.41. The molecule has 0 aliphatic heterocycles. The fraction of sp³-hybridized carbons (Fsp3) is 0.391. The average molecular weight is 469 g/mol.